The third-order valence-corrected chi connectivity index (χ3v) is 12.0. The first-order valence-corrected chi connectivity index (χ1v) is 23.2. The van der Waals surface area contributed by atoms with Gasteiger partial charge in [0, 0.05) is 70.9 Å². The maximum atomic E-state index is 13.1. The average Bonchev–Trinajstić information content (AvgIpc) is 3.35. The number of halogens is 2. The van der Waals surface area contributed by atoms with Gasteiger partial charge in [0.15, 0.2) is 12.0 Å². The molecular formula is C41H52B2Cl2N14O10. The van der Waals surface area contributed by atoms with E-state index in [4.69, 9.17) is 28.9 Å². The van der Waals surface area contributed by atoms with Gasteiger partial charge in [0.1, 0.15) is 5.82 Å². The van der Waals surface area contributed by atoms with E-state index < -0.39 is 66.8 Å². The van der Waals surface area contributed by atoms with Crippen LogP contribution < -0.4 is 20.8 Å². The van der Waals surface area contributed by atoms with Crippen molar-refractivity contribution in [1.29, 1.82) is 0 Å². The Morgan fingerprint density at radius 1 is 0.797 bits per heavy atom. The first-order valence-electron chi connectivity index (χ1n) is 22.1. The normalized spacial score (nSPS) is 20.8. The maximum absolute atomic E-state index is 13.1. The number of carbonyl (C=O) groups is 6. The summed E-state index contributed by atoms with van der Waals surface area (Å²) in [6, 6.07) is 4.59. The fourth-order valence-electron chi connectivity index (χ4n) is 8.58. The number of carboxylic acid groups (broad SMARTS) is 2. The smallest absolute Gasteiger partial charge is 0.327 e. The van der Waals surface area contributed by atoms with Crippen LogP contribution in [0, 0.1) is 11.8 Å². The number of alkyl halides is 2. The SMILES string of the molecule is CB(O)N(CB=O)c1cc(C[C@H]2C(=O)N(C(=O)N3CCN(c4ncccn4)CC3)[C@@H]2C(=O)O)ccn1.ClCCl.Nc1cc(C[C@H]2C(=O)N(C(=O)N3CCN(C4=NCCCN4)CC3)[C@@H]2C(=O)O)ccn1. The first kappa shape index (κ1) is 51.7. The molecule has 0 radical (unpaired) electrons. The monoisotopic (exact) mass is 992 g/mol. The van der Waals surface area contributed by atoms with Crippen LogP contribution in [-0.4, -0.2) is 205 Å². The quantitative estimate of drug-likeness (QED) is 0.0945. The van der Waals surface area contributed by atoms with Crippen molar-refractivity contribution in [1.82, 2.24) is 49.8 Å². The molecule has 4 saturated heterocycles. The number of β-lactam (4-membered cyclic amide) rings is 2. The summed E-state index contributed by atoms with van der Waals surface area (Å²) < 4.78 is 11.0. The number of carboxylic acids is 2. The van der Waals surface area contributed by atoms with Crippen molar-refractivity contribution in [2.75, 3.05) is 92.7 Å². The number of pyridine rings is 2. The number of aromatic nitrogens is 4. The molecule has 69 heavy (non-hydrogen) atoms. The molecule has 8 rings (SSSR count). The summed E-state index contributed by atoms with van der Waals surface area (Å²) in [5, 5.41) is 32.8. The number of urea groups is 2. The summed E-state index contributed by atoms with van der Waals surface area (Å²) in [7, 11) is -0.343. The summed E-state index contributed by atoms with van der Waals surface area (Å²) in [5.41, 5.74) is 6.98. The predicted molar refractivity (Wildman–Crippen MR) is 253 cm³/mol. The molecule has 0 aliphatic carbocycles. The predicted octanol–water partition coefficient (Wildman–Crippen LogP) is -0.182. The third-order valence-electron chi connectivity index (χ3n) is 12.0. The van der Waals surface area contributed by atoms with Crippen LogP contribution in [-0.2, 0) is 36.7 Å². The van der Waals surface area contributed by atoms with Gasteiger partial charge in [0.2, 0.25) is 11.9 Å². The maximum Gasteiger partial charge on any atom is 0.327 e. The van der Waals surface area contributed by atoms with Gasteiger partial charge >= 0.3 is 167 Å². The zero-order valence-electron chi connectivity index (χ0n) is 37.7. The van der Waals surface area contributed by atoms with Crippen molar-refractivity contribution < 1.29 is 48.7 Å². The number of hydrogen-bond donors (Lipinski definition) is 5. The standard InChI is InChI=1S/C21H25B2N7O6.C19H25N7O4.CH2Cl2/c1-23(36)29(13-22-35)16-12-14(3-6-24-16)11-15-17(19(32)33)30(18(15)31)21(34)28-9-7-27(8-10-28)20-25-4-2-5-26-20;20-14-11-12(2-5-21-14)10-13-15(17(28)29)26(16(13)27)19(30)25-8-6-24(7-9-25)18-22-3-1-4-23-18;2-1-3/h2-6,12,15,17,36H,7-11,13H2,1H3,(H,32,33);2,5,11,13,15H,1,3-4,6-10H2,(H2,20,21)(H,22,23)(H,28,29);1H2/t15-,17+;13-,15+;/m11./s1. The van der Waals surface area contributed by atoms with Crippen molar-refractivity contribution >= 4 is 96.8 Å². The van der Waals surface area contributed by atoms with E-state index in [1.807, 2.05) is 4.90 Å². The fourth-order valence-corrected chi connectivity index (χ4v) is 8.58. The summed E-state index contributed by atoms with van der Waals surface area (Å²) in [4.78, 5) is 106. The van der Waals surface area contributed by atoms with Gasteiger partial charge < -0.3 is 30.9 Å². The Morgan fingerprint density at radius 2 is 1.30 bits per heavy atom. The molecular weight excluding hydrogens is 941 g/mol. The Hall–Kier alpha value is -6.66. The minimum atomic E-state index is -1.29. The van der Waals surface area contributed by atoms with Gasteiger partial charge in [-0.2, -0.15) is 0 Å². The molecule has 24 nitrogen and oxygen atoms in total. The Bertz CT molecular complexity index is 2370. The largest absolute Gasteiger partial charge is 0.480 e. The number of nitrogens with zero attached hydrogens (tertiary/aromatic N) is 12. The van der Waals surface area contributed by atoms with Gasteiger partial charge in [0.05, 0.1) is 11.3 Å². The molecule has 0 unspecified atom stereocenters. The summed E-state index contributed by atoms with van der Waals surface area (Å²) in [6.45, 7) is 6.65. The molecule has 0 bridgehead atoms. The minimum Gasteiger partial charge on any atom is -0.480 e. The van der Waals surface area contributed by atoms with Crippen LogP contribution in [0.1, 0.15) is 17.5 Å². The Morgan fingerprint density at radius 3 is 1.77 bits per heavy atom. The van der Waals surface area contributed by atoms with Crippen LogP contribution in [0.15, 0.2) is 60.1 Å². The number of hydrogen-bond acceptors (Lipinski definition) is 18. The summed E-state index contributed by atoms with van der Waals surface area (Å²) in [5.74, 6) is -3.18. The molecule has 0 saturated carbocycles. The molecule has 4 atom stereocenters. The number of nitrogens with one attached hydrogen (secondary N) is 1. The topological polar surface area (TPSA) is 305 Å². The first-order chi connectivity index (χ1) is 33.2. The van der Waals surface area contributed by atoms with E-state index >= 15 is 0 Å². The van der Waals surface area contributed by atoms with Gasteiger partial charge in [0.25, 0.3) is 0 Å². The van der Waals surface area contributed by atoms with Crippen molar-refractivity contribution in [2.45, 2.75) is 38.2 Å². The molecule has 0 aromatic carbocycles. The van der Waals surface area contributed by atoms with Crippen LogP contribution >= 0.6 is 23.2 Å². The number of anilines is 3. The Balaban J connectivity index is 0.000000218. The molecule has 5 aliphatic heterocycles. The molecule has 366 valence electrons. The number of likely N-dealkylation sites (tertiary alicyclic amines) is 2. The average molecular weight is 993 g/mol. The van der Waals surface area contributed by atoms with E-state index in [9.17, 15) is 48.7 Å². The van der Waals surface area contributed by atoms with Crippen molar-refractivity contribution in [3.63, 3.8) is 0 Å². The van der Waals surface area contributed by atoms with E-state index in [1.54, 1.807) is 42.7 Å². The van der Waals surface area contributed by atoms with Gasteiger partial charge in [-0.1, -0.05) is 0 Å². The van der Waals surface area contributed by atoms with E-state index in [0.717, 1.165) is 35.3 Å². The van der Waals surface area contributed by atoms with Gasteiger partial charge in [-0.25, -0.2) is 29.4 Å². The van der Waals surface area contributed by atoms with E-state index in [2.05, 4.69) is 35.1 Å². The molecule has 8 heterocycles. The second kappa shape index (κ2) is 24.1. The minimum absolute atomic E-state index is 0.0724. The molecule has 4 fully saturated rings. The second-order valence-electron chi connectivity index (χ2n) is 16.3. The van der Waals surface area contributed by atoms with Gasteiger partial charge in [-0.05, 0) is 36.6 Å². The van der Waals surface area contributed by atoms with E-state index in [0.29, 0.717) is 88.2 Å². The molecule has 3 aromatic rings. The number of piperazine rings is 2. The number of imide groups is 2. The van der Waals surface area contributed by atoms with Crippen molar-refractivity contribution in [3.05, 3.63) is 66.2 Å². The van der Waals surface area contributed by atoms with E-state index in [-0.39, 0.29) is 24.6 Å². The van der Waals surface area contributed by atoms with Crippen LogP contribution in [0.25, 0.3) is 0 Å². The van der Waals surface area contributed by atoms with Crippen LogP contribution in [0.2, 0.25) is 6.82 Å². The zero-order valence-corrected chi connectivity index (χ0v) is 39.2. The number of rotatable bonds is 11. The van der Waals surface area contributed by atoms with Crippen LogP contribution in [0.4, 0.5) is 27.2 Å². The number of aliphatic imine (C=N–C) groups is 1. The summed E-state index contributed by atoms with van der Waals surface area (Å²) >= 11 is 9.53. The van der Waals surface area contributed by atoms with Crippen molar-refractivity contribution in [3.8, 4) is 0 Å². The molecule has 5 aliphatic rings. The molecule has 0 spiro atoms. The number of nitrogen functional groups attached to an aromatic ring is 1. The Labute approximate surface area is 407 Å². The number of aliphatic carboxylic acids is 2. The van der Waals surface area contributed by atoms with Crippen LogP contribution in [0.5, 0.6) is 0 Å². The summed E-state index contributed by atoms with van der Waals surface area (Å²) in [6.07, 6.45) is 7.43. The molecule has 6 N–H and O–H groups in total. The number of amides is 6. The second-order valence-corrected chi connectivity index (χ2v) is 17.1. The molecule has 6 amide bonds. The van der Waals surface area contributed by atoms with Gasteiger partial charge in [-0.15, -0.1) is 23.2 Å². The third kappa shape index (κ3) is 12.3. The zero-order chi connectivity index (χ0) is 49.8. The van der Waals surface area contributed by atoms with Crippen LogP contribution in [0.3, 0.4) is 0 Å². The Kier molecular flexibility index (Phi) is 18.0. The fraction of sp³-hybridized carbons (Fsp3) is 0.488. The number of guanidine groups is 1. The van der Waals surface area contributed by atoms with Gasteiger partial charge in [-0.3, -0.25) is 9.79 Å². The number of nitrogens with two attached hydrogens (primary N) is 1. The van der Waals surface area contributed by atoms with Crippen molar-refractivity contribution in [2.24, 2.45) is 16.8 Å². The molecule has 3 aromatic heterocycles. The van der Waals surface area contributed by atoms with E-state index in [1.165, 1.54) is 33.8 Å². The number of carbonyl (C=O) groups excluding carboxylic acids is 4. The molecule has 28 heteroatoms.